The van der Waals surface area contributed by atoms with Gasteiger partial charge in [0.1, 0.15) is 11.5 Å². The molecule has 2 aromatic rings. The van der Waals surface area contributed by atoms with Gasteiger partial charge in [-0.25, -0.2) is 0 Å². The highest BCUT2D eigenvalue weighted by atomic mass is 19.4. The van der Waals surface area contributed by atoms with Crippen molar-refractivity contribution in [2.75, 3.05) is 0 Å². The largest absolute Gasteiger partial charge is 0.461 e. The second-order valence-electron chi connectivity index (χ2n) is 4.20. The lowest BCUT2D eigenvalue weighted by molar-refractivity contribution is -0.143. The number of hydrogen-bond acceptors (Lipinski definition) is 1. The summed E-state index contributed by atoms with van der Waals surface area (Å²) in [6.45, 7) is 1.54. The van der Waals surface area contributed by atoms with Crippen molar-refractivity contribution in [1.29, 1.82) is 0 Å². The van der Waals surface area contributed by atoms with Crippen LogP contribution in [0.15, 0.2) is 34.7 Å². The Balaban J connectivity index is 2.63. The zero-order valence-corrected chi connectivity index (χ0v) is 10.1. The fourth-order valence-electron chi connectivity index (χ4n) is 1.69. The molecule has 0 fully saturated rings. The molecule has 0 aliphatic rings. The molecule has 0 radical (unpaired) electrons. The van der Waals surface area contributed by atoms with Crippen molar-refractivity contribution in [2.24, 2.45) is 0 Å². The maximum atomic E-state index is 12.7. The van der Waals surface area contributed by atoms with Gasteiger partial charge in [0.2, 0.25) is 0 Å². The highest BCUT2D eigenvalue weighted by molar-refractivity contribution is 5.60. The van der Waals surface area contributed by atoms with E-state index in [1.165, 1.54) is 12.1 Å². The monoisotopic (exact) mass is 294 g/mol. The van der Waals surface area contributed by atoms with Crippen molar-refractivity contribution >= 4 is 0 Å². The van der Waals surface area contributed by atoms with E-state index in [0.29, 0.717) is 17.9 Å². The Hall–Kier alpha value is -1.92. The van der Waals surface area contributed by atoms with Gasteiger partial charge in [-0.05, 0) is 37.3 Å². The Labute approximate surface area is 109 Å². The summed E-state index contributed by atoms with van der Waals surface area (Å²) >= 11 is 0. The molecule has 0 bridgehead atoms. The first-order valence-corrected chi connectivity index (χ1v) is 5.43. The molecule has 20 heavy (non-hydrogen) atoms. The van der Waals surface area contributed by atoms with Crippen LogP contribution in [-0.2, 0) is 12.4 Å². The minimum absolute atomic E-state index is 0.0425. The van der Waals surface area contributed by atoms with Crippen LogP contribution in [-0.4, -0.2) is 0 Å². The number of furan rings is 1. The fourth-order valence-corrected chi connectivity index (χ4v) is 1.69. The van der Waals surface area contributed by atoms with E-state index in [2.05, 4.69) is 0 Å². The third kappa shape index (κ3) is 2.97. The summed E-state index contributed by atoms with van der Waals surface area (Å²) < 4.78 is 81.0. The first-order valence-electron chi connectivity index (χ1n) is 5.43. The molecule has 108 valence electrons. The molecule has 0 aliphatic heterocycles. The van der Waals surface area contributed by atoms with E-state index >= 15 is 0 Å². The molecule has 0 spiro atoms. The lowest BCUT2D eigenvalue weighted by Gasteiger charge is -2.13. The van der Waals surface area contributed by atoms with Gasteiger partial charge in [-0.3, -0.25) is 0 Å². The number of hydrogen-bond donors (Lipinski definition) is 0. The van der Waals surface area contributed by atoms with E-state index in [9.17, 15) is 26.3 Å². The molecule has 1 aromatic carbocycles. The van der Waals surface area contributed by atoms with Gasteiger partial charge >= 0.3 is 12.4 Å². The third-order valence-electron chi connectivity index (χ3n) is 2.61. The molecular formula is C13H8F6O. The number of alkyl halides is 6. The van der Waals surface area contributed by atoms with E-state index in [0.717, 1.165) is 0 Å². The Kier molecular flexibility index (Phi) is 3.31. The molecule has 0 amide bonds. The van der Waals surface area contributed by atoms with Crippen molar-refractivity contribution in [3.05, 3.63) is 47.2 Å². The van der Waals surface area contributed by atoms with Crippen molar-refractivity contribution in [2.45, 2.75) is 19.3 Å². The Bertz CT molecular complexity index is 588. The molecule has 1 nitrogen and oxygen atoms in total. The van der Waals surface area contributed by atoms with E-state index in [4.69, 9.17) is 4.42 Å². The van der Waals surface area contributed by atoms with Crippen LogP contribution in [0.25, 0.3) is 11.3 Å². The van der Waals surface area contributed by atoms with Gasteiger partial charge in [0.15, 0.2) is 0 Å². The Morgan fingerprint density at radius 3 is 1.65 bits per heavy atom. The van der Waals surface area contributed by atoms with Crippen LogP contribution in [0.1, 0.15) is 16.9 Å². The van der Waals surface area contributed by atoms with Crippen LogP contribution >= 0.6 is 0 Å². The highest BCUT2D eigenvalue weighted by Crippen LogP contribution is 2.38. The Morgan fingerprint density at radius 2 is 1.30 bits per heavy atom. The average Bonchev–Trinajstić information content (AvgIpc) is 2.73. The number of benzene rings is 1. The molecule has 0 saturated carbocycles. The van der Waals surface area contributed by atoms with Crippen molar-refractivity contribution in [3.63, 3.8) is 0 Å². The molecule has 1 aromatic heterocycles. The maximum absolute atomic E-state index is 12.7. The quantitative estimate of drug-likeness (QED) is 0.651. The highest BCUT2D eigenvalue weighted by Gasteiger charge is 2.37. The van der Waals surface area contributed by atoms with Crippen LogP contribution in [0.4, 0.5) is 26.3 Å². The van der Waals surface area contributed by atoms with Crippen LogP contribution in [0.2, 0.25) is 0 Å². The number of halogens is 6. The van der Waals surface area contributed by atoms with E-state index in [-0.39, 0.29) is 17.4 Å². The van der Waals surface area contributed by atoms with Gasteiger partial charge in [0.25, 0.3) is 0 Å². The third-order valence-corrected chi connectivity index (χ3v) is 2.61. The molecule has 1 heterocycles. The lowest BCUT2D eigenvalue weighted by Crippen LogP contribution is -2.11. The summed E-state index contributed by atoms with van der Waals surface area (Å²) in [5.74, 6) is 0.352. The molecule has 0 aliphatic carbocycles. The summed E-state index contributed by atoms with van der Waals surface area (Å²) in [5.41, 5.74) is -2.99. The Morgan fingerprint density at radius 1 is 0.800 bits per heavy atom. The fraction of sp³-hybridized carbons (Fsp3) is 0.231. The van der Waals surface area contributed by atoms with Crippen LogP contribution in [0.3, 0.4) is 0 Å². The molecule has 0 saturated heterocycles. The standard InChI is InChI=1S/C13H8F6O/c1-7-2-3-11(20-7)8-4-9(12(14,15)16)6-10(5-8)13(17,18)19/h2-6H,1H3. The summed E-state index contributed by atoms with van der Waals surface area (Å²) in [5, 5.41) is 0. The minimum atomic E-state index is -4.86. The SMILES string of the molecule is Cc1ccc(-c2cc(C(F)(F)F)cc(C(F)(F)F)c2)o1. The van der Waals surface area contributed by atoms with Gasteiger partial charge in [0.05, 0.1) is 11.1 Å². The maximum Gasteiger partial charge on any atom is 0.416 e. The van der Waals surface area contributed by atoms with E-state index < -0.39 is 23.5 Å². The van der Waals surface area contributed by atoms with E-state index in [1.807, 2.05) is 0 Å². The van der Waals surface area contributed by atoms with Gasteiger partial charge in [-0.1, -0.05) is 0 Å². The van der Waals surface area contributed by atoms with Crippen molar-refractivity contribution < 1.29 is 30.8 Å². The minimum Gasteiger partial charge on any atom is -0.461 e. The lowest BCUT2D eigenvalue weighted by atomic mass is 10.0. The predicted octanol–water partition coefficient (Wildman–Crippen LogP) is 5.29. The summed E-state index contributed by atoms with van der Waals surface area (Å²) in [4.78, 5) is 0. The normalized spacial score (nSPS) is 12.8. The van der Waals surface area contributed by atoms with Crippen molar-refractivity contribution in [1.82, 2.24) is 0 Å². The average molecular weight is 294 g/mol. The second kappa shape index (κ2) is 4.57. The molecule has 0 unspecified atom stereocenters. The zero-order valence-electron chi connectivity index (χ0n) is 10.1. The summed E-state index contributed by atoms with van der Waals surface area (Å²) in [7, 11) is 0. The summed E-state index contributed by atoms with van der Waals surface area (Å²) in [6.07, 6.45) is -9.73. The van der Waals surface area contributed by atoms with Gasteiger partial charge < -0.3 is 4.42 Å². The van der Waals surface area contributed by atoms with E-state index in [1.54, 1.807) is 6.92 Å². The van der Waals surface area contributed by atoms with Crippen LogP contribution < -0.4 is 0 Å². The van der Waals surface area contributed by atoms with Gasteiger partial charge in [-0.15, -0.1) is 0 Å². The smallest absolute Gasteiger partial charge is 0.416 e. The van der Waals surface area contributed by atoms with Crippen LogP contribution in [0, 0.1) is 6.92 Å². The molecule has 2 rings (SSSR count). The summed E-state index contributed by atoms with van der Waals surface area (Å²) in [6, 6.07) is 4.13. The molecule has 7 heteroatoms. The van der Waals surface area contributed by atoms with Gasteiger partial charge in [-0.2, -0.15) is 26.3 Å². The molecule has 0 N–H and O–H groups in total. The molecule has 0 atom stereocenters. The first-order chi connectivity index (χ1) is 9.07. The van der Waals surface area contributed by atoms with Gasteiger partial charge in [0, 0.05) is 5.56 Å². The number of aryl methyl sites for hydroxylation is 1. The predicted molar refractivity (Wildman–Crippen MR) is 58.9 cm³/mol. The second-order valence-corrected chi connectivity index (χ2v) is 4.20. The first kappa shape index (κ1) is 14.5. The molecular weight excluding hydrogens is 286 g/mol. The topological polar surface area (TPSA) is 13.1 Å². The van der Waals surface area contributed by atoms with Crippen molar-refractivity contribution in [3.8, 4) is 11.3 Å². The number of rotatable bonds is 1. The zero-order chi connectivity index (χ0) is 15.1. The van der Waals surface area contributed by atoms with Crippen LogP contribution in [0.5, 0.6) is 0 Å².